The minimum atomic E-state index is -3.31. The Labute approximate surface area is 101 Å². The van der Waals surface area contributed by atoms with E-state index in [0.29, 0.717) is 5.56 Å². The fourth-order valence-corrected chi connectivity index (χ4v) is 2.66. The molecule has 1 N–H and O–H groups in total. The standard InChI is InChI=1S/C12H16O4S/c1-8-6-10(4-5-12(13)14)11(7-9(8)2)17(3,15)16/h6-7H,4-5H2,1-3H3,(H,13,14). The van der Waals surface area contributed by atoms with Gasteiger partial charge in [0.15, 0.2) is 9.84 Å². The lowest BCUT2D eigenvalue weighted by Crippen LogP contribution is -2.06. The highest BCUT2D eigenvalue weighted by Crippen LogP contribution is 2.22. The average Bonchev–Trinajstić information content (AvgIpc) is 2.17. The van der Waals surface area contributed by atoms with Crippen LogP contribution in [0.25, 0.3) is 0 Å². The van der Waals surface area contributed by atoms with Crippen molar-refractivity contribution in [2.45, 2.75) is 31.6 Å². The average molecular weight is 256 g/mol. The number of carbonyl (C=O) groups is 1. The van der Waals surface area contributed by atoms with E-state index in [1.807, 2.05) is 13.8 Å². The number of hydrogen-bond acceptors (Lipinski definition) is 3. The Kier molecular flexibility index (Phi) is 3.93. The van der Waals surface area contributed by atoms with Crippen molar-refractivity contribution < 1.29 is 18.3 Å². The van der Waals surface area contributed by atoms with Gasteiger partial charge in [-0.2, -0.15) is 0 Å². The molecule has 5 heteroatoms. The molecule has 1 aromatic carbocycles. The van der Waals surface area contributed by atoms with Crippen LogP contribution in [0, 0.1) is 13.8 Å². The van der Waals surface area contributed by atoms with E-state index in [2.05, 4.69) is 0 Å². The monoisotopic (exact) mass is 256 g/mol. The summed E-state index contributed by atoms with van der Waals surface area (Å²) in [6.45, 7) is 3.72. The first kappa shape index (κ1) is 13.7. The van der Waals surface area contributed by atoms with Crippen molar-refractivity contribution in [1.29, 1.82) is 0 Å². The molecule has 0 aliphatic rings. The maximum Gasteiger partial charge on any atom is 0.303 e. The first-order chi connectivity index (χ1) is 7.71. The largest absolute Gasteiger partial charge is 0.481 e. The van der Waals surface area contributed by atoms with Crippen molar-refractivity contribution in [2.75, 3.05) is 6.26 Å². The number of aryl methyl sites for hydroxylation is 3. The van der Waals surface area contributed by atoms with E-state index >= 15 is 0 Å². The third-order valence-electron chi connectivity index (χ3n) is 2.68. The van der Waals surface area contributed by atoms with Crippen LogP contribution in [0.1, 0.15) is 23.1 Å². The summed E-state index contributed by atoms with van der Waals surface area (Å²) in [5.41, 5.74) is 2.44. The van der Waals surface area contributed by atoms with E-state index in [1.54, 1.807) is 12.1 Å². The molecule has 17 heavy (non-hydrogen) atoms. The van der Waals surface area contributed by atoms with Gasteiger partial charge in [0, 0.05) is 12.7 Å². The minimum absolute atomic E-state index is 0.0645. The topological polar surface area (TPSA) is 71.4 Å². The third-order valence-corrected chi connectivity index (χ3v) is 3.86. The summed E-state index contributed by atoms with van der Waals surface area (Å²) in [6.07, 6.45) is 1.31. The SMILES string of the molecule is Cc1cc(CCC(=O)O)c(S(C)(=O)=O)cc1C. The Balaban J connectivity index is 3.26. The first-order valence-corrected chi connectivity index (χ1v) is 7.13. The summed E-state index contributed by atoms with van der Waals surface area (Å²) in [5.74, 6) is -0.928. The van der Waals surface area contributed by atoms with Crippen LogP contribution in [-0.2, 0) is 21.1 Å². The molecule has 0 aliphatic carbocycles. The summed E-state index contributed by atoms with van der Waals surface area (Å²) < 4.78 is 23.2. The minimum Gasteiger partial charge on any atom is -0.481 e. The van der Waals surface area contributed by atoms with Crippen LogP contribution in [0.3, 0.4) is 0 Å². The predicted molar refractivity (Wildman–Crippen MR) is 65.0 cm³/mol. The quantitative estimate of drug-likeness (QED) is 0.890. The van der Waals surface area contributed by atoms with Crippen molar-refractivity contribution in [3.8, 4) is 0 Å². The van der Waals surface area contributed by atoms with Crippen LogP contribution < -0.4 is 0 Å². The van der Waals surface area contributed by atoms with Crippen molar-refractivity contribution in [1.82, 2.24) is 0 Å². The van der Waals surface area contributed by atoms with E-state index in [9.17, 15) is 13.2 Å². The molecule has 0 amide bonds. The van der Waals surface area contributed by atoms with Gasteiger partial charge in [0.2, 0.25) is 0 Å². The molecule has 0 radical (unpaired) electrons. The maximum absolute atomic E-state index is 11.6. The zero-order valence-corrected chi connectivity index (χ0v) is 11.0. The Morgan fingerprint density at radius 3 is 2.24 bits per heavy atom. The van der Waals surface area contributed by atoms with E-state index in [4.69, 9.17) is 5.11 Å². The number of benzene rings is 1. The van der Waals surface area contributed by atoms with Gasteiger partial charge in [0.25, 0.3) is 0 Å². The molecule has 0 atom stereocenters. The molecule has 0 fully saturated rings. The Bertz CT molecular complexity index is 544. The van der Waals surface area contributed by atoms with Gasteiger partial charge in [-0.3, -0.25) is 4.79 Å². The van der Waals surface area contributed by atoms with E-state index < -0.39 is 15.8 Å². The van der Waals surface area contributed by atoms with Crippen LogP contribution in [0.4, 0.5) is 0 Å². The molecule has 0 heterocycles. The third kappa shape index (κ3) is 3.56. The zero-order chi connectivity index (χ0) is 13.2. The number of aliphatic carboxylic acids is 1. The highest BCUT2D eigenvalue weighted by atomic mass is 32.2. The molecular formula is C12H16O4S. The van der Waals surface area contributed by atoms with Gasteiger partial charge >= 0.3 is 5.97 Å². The molecule has 1 aromatic rings. The van der Waals surface area contributed by atoms with Gasteiger partial charge in [-0.1, -0.05) is 6.07 Å². The first-order valence-electron chi connectivity index (χ1n) is 5.24. The number of rotatable bonds is 4. The number of carboxylic acids is 1. The lowest BCUT2D eigenvalue weighted by Gasteiger charge is -2.10. The molecule has 0 aliphatic heterocycles. The fourth-order valence-electron chi connectivity index (χ4n) is 1.63. The van der Waals surface area contributed by atoms with Gasteiger partial charge in [-0.15, -0.1) is 0 Å². The molecule has 0 saturated carbocycles. The molecule has 0 aromatic heterocycles. The molecule has 0 unspecified atom stereocenters. The summed E-state index contributed by atoms with van der Waals surface area (Å²) in [6, 6.07) is 3.37. The fraction of sp³-hybridized carbons (Fsp3) is 0.417. The van der Waals surface area contributed by atoms with Crippen molar-refractivity contribution >= 4 is 15.8 Å². The lowest BCUT2D eigenvalue weighted by molar-refractivity contribution is -0.136. The molecule has 1 rings (SSSR count). The summed E-state index contributed by atoms with van der Waals surface area (Å²) in [5, 5.41) is 8.64. The summed E-state index contributed by atoms with van der Waals surface area (Å²) in [4.78, 5) is 10.8. The van der Waals surface area contributed by atoms with Crippen LogP contribution in [-0.4, -0.2) is 25.7 Å². The molecule has 0 bridgehead atoms. The van der Waals surface area contributed by atoms with Gasteiger partial charge in [-0.25, -0.2) is 8.42 Å². The summed E-state index contributed by atoms with van der Waals surface area (Å²) in [7, 11) is -3.31. The Morgan fingerprint density at radius 1 is 1.24 bits per heavy atom. The number of carboxylic acid groups (broad SMARTS) is 1. The van der Waals surface area contributed by atoms with Crippen molar-refractivity contribution in [2.24, 2.45) is 0 Å². The highest BCUT2D eigenvalue weighted by molar-refractivity contribution is 7.90. The van der Waals surface area contributed by atoms with E-state index in [0.717, 1.165) is 17.4 Å². The number of hydrogen-bond donors (Lipinski definition) is 1. The van der Waals surface area contributed by atoms with Gasteiger partial charge in [0.05, 0.1) is 4.90 Å². The summed E-state index contributed by atoms with van der Waals surface area (Å²) >= 11 is 0. The normalized spacial score (nSPS) is 11.5. The molecule has 4 nitrogen and oxygen atoms in total. The Morgan fingerprint density at radius 2 is 1.76 bits per heavy atom. The van der Waals surface area contributed by atoms with Crippen molar-refractivity contribution in [3.05, 3.63) is 28.8 Å². The van der Waals surface area contributed by atoms with Gasteiger partial charge in [0.1, 0.15) is 0 Å². The zero-order valence-electron chi connectivity index (χ0n) is 10.1. The molecular weight excluding hydrogens is 240 g/mol. The second-order valence-electron chi connectivity index (χ2n) is 4.21. The highest BCUT2D eigenvalue weighted by Gasteiger charge is 2.15. The van der Waals surface area contributed by atoms with Crippen molar-refractivity contribution in [3.63, 3.8) is 0 Å². The van der Waals surface area contributed by atoms with E-state index in [1.165, 1.54) is 0 Å². The predicted octanol–water partition coefficient (Wildman–Crippen LogP) is 1.72. The van der Waals surface area contributed by atoms with Crippen LogP contribution >= 0.6 is 0 Å². The molecule has 0 spiro atoms. The maximum atomic E-state index is 11.6. The Hall–Kier alpha value is -1.36. The van der Waals surface area contributed by atoms with Gasteiger partial charge < -0.3 is 5.11 Å². The van der Waals surface area contributed by atoms with Crippen LogP contribution in [0.5, 0.6) is 0 Å². The smallest absolute Gasteiger partial charge is 0.303 e. The molecule has 94 valence electrons. The molecule has 0 saturated heterocycles. The lowest BCUT2D eigenvalue weighted by atomic mass is 10.0. The van der Waals surface area contributed by atoms with E-state index in [-0.39, 0.29) is 17.7 Å². The van der Waals surface area contributed by atoms with Gasteiger partial charge in [-0.05, 0) is 43.0 Å². The number of sulfone groups is 1. The van der Waals surface area contributed by atoms with Crippen LogP contribution in [0.2, 0.25) is 0 Å². The second-order valence-corrected chi connectivity index (χ2v) is 6.19. The van der Waals surface area contributed by atoms with Crippen LogP contribution in [0.15, 0.2) is 17.0 Å². The second kappa shape index (κ2) is 4.87.